The first-order valence-electron chi connectivity index (χ1n) is 31.5. The van der Waals surface area contributed by atoms with Crippen LogP contribution in [0.3, 0.4) is 0 Å². The zero-order valence-electron chi connectivity index (χ0n) is 47.7. The van der Waals surface area contributed by atoms with Crippen molar-refractivity contribution in [1.82, 2.24) is 10.6 Å². The van der Waals surface area contributed by atoms with E-state index in [-0.39, 0.29) is 82.5 Å². The average Bonchev–Trinajstić information content (AvgIpc) is 3.33. The maximum Gasteiger partial charge on any atom is 0.160 e. The average molecular weight is 1060 g/mol. The van der Waals surface area contributed by atoms with Gasteiger partial charge in [-0.15, -0.1) is 0 Å². The third-order valence-corrected chi connectivity index (χ3v) is 25.0. The van der Waals surface area contributed by atoms with Crippen LogP contribution in [-0.4, -0.2) is 81.6 Å². The second-order valence-corrected chi connectivity index (χ2v) is 29.0. The highest BCUT2D eigenvalue weighted by Crippen LogP contribution is 2.79. The molecule has 10 heteroatoms. The van der Waals surface area contributed by atoms with E-state index >= 15 is 9.59 Å². The number of rotatable bonds is 10. The molecular formula is C67H97N3O7. The van der Waals surface area contributed by atoms with Gasteiger partial charge in [-0.25, -0.2) is 0 Å². The molecule has 10 nitrogen and oxygen atoms in total. The molecule has 2 saturated heterocycles. The van der Waals surface area contributed by atoms with Crippen LogP contribution in [0.2, 0.25) is 0 Å². The van der Waals surface area contributed by atoms with Crippen molar-refractivity contribution in [3.05, 3.63) is 70.3 Å². The van der Waals surface area contributed by atoms with Crippen LogP contribution < -0.4 is 16.4 Å². The molecule has 6 saturated carbocycles. The number of phenolic OH excluding ortho intramolecular Hbond substituents is 1. The van der Waals surface area contributed by atoms with E-state index in [0.29, 0.717) is 55.9 Å². The Balaban J connectivity index is 0.996. The van der Waals surface area contributed by atoms with Gasteiger partial charge < -0.3 is 41.5 Å². The summed E-state index contributed by atoms with van der Waals surface area (Å²) < 4.78 is 6.83. The molecule has 0 amide bonds. The van der Waals surface area contributed by atoms with Gasteiger partial charge in [0.2, 0.25) is 0 Å². The summed E-state index contributed by atoms with van der Waals surface area (Å²) in [5, 5.41) is 54.9. The van der Waals surface area contributed by atoms with Gasteiger partial charge in [-0.05, 0) is 228 Å². The first-order chi connectivity index (χ1) is 36.9. The summed E-state index contributed by atoms with van der Waals surface area (Å²) in [5.74, 6) is 2.48. The lowest BCUT2D eigenvalue weighted by molar-refractivity contribution is -0.233. The Morgan fingerprint density at radius 2 is 1.66 bits per heavy atom. The van der Waals surface area contributed by atoms with Crippen molar-refractivity contribution in [2.45, 2.75) is 230 Å². The molecule has 2 aliphatic heterocycles. The lowest BCUT2D eigenvalue weighted by Gasteiger charge is -2.74. The zero-order valence-corrected chi connectivity index (χ0v) is 47.7. The summed E-state index contributed by atoms with van der Waals surface area (Å²) in [6.45, 7) is 10.4. The minimum atomic E-state index is -0.886. The minimum Gasteiger partial charge on any atom is -0.508 e. The van der Waals surface area contributed by atoms with Crippen molar-refractivity contribution in [3.63, 3.8) is 0 Å². The standard InChI is InChI=1S/C67H97N3O7/c1-62(76)25-9-10-26-63(2)59-54(70-39-62)35-66-27-13-15-42-22-21-40(38-71)30-49(42)50(33-55(73)61-65(4,77-61)52-20-12-19-48(52)43-14-11-18-46(68)31-43)58-53(64(66,3)36-56(58)74)23-24-57(66)67(59,45-16-7-6-8-17-45)34-51(60(63)75)44-28-41(37-69-5)29-47(72)32-44/h11,14,18,28-29,31-32,40,42,45,48-52,54-55,57,59,61,69-73,76H,6-10,12-13,15-17,19-27,30,33-39,68H2,1-5H3. The second kappa shape index (κ2) is 20.4. The molecule has 8 N–H and O–H groups in total. The number of allylic oxidation sites excluding steroid dienone is 2. The Kier molecular flexibility index (Phi) is 14.4. The highest BCUT2D eigenvalue weighted by atomic mass is 16.6. The fourth-order valence-corrected chi connectivity index (χ4v) is 21.9. The fourth-order valence-electron chi connectivity index (χ4n) is 21.9. The molecule has 18 unspecified atom stereocenters. The third kappa shape index (κ3) is 8.90. The number of aliphatic hydroxyl groups is 3. The van der Waals surface area contributed by atoms with E-state index in [1.807, 2.05) is 32.2 Å². The maximum atomic E-state index is 16.2. The molecule has 422 valence electrons. The van der Waals surface area contributed by atoms with Crippen LogP contribution in [0.15, 0.2) is 53.6 Å². The number of nitrogen functional groups attached to an aromatic ring is 1. The number of hydrogen-bond acceptors (Lipinski definition) is 10. The van der Waals surface area contributed by atoms with Gasteiger partial charge in [-0.2, -0.15) is 0 Å². The van der Waals surface area contributed by atoms with Crippen LogP contribution in [0.4, 0.5) is 5.69 Å². The van der Waals surface area contributed by atoms with Gasteiger partial charge in [-0.1, -0.05) is 89.0 Å². The number of aromatic hydroxyl groups is 1. The summed E-state index contributed by atoms with van der Waals surface area (Å²) in [6, 6.07) is 14.3. The number of carbonyl (C=O) groups excluding carboxylic acids is 2. The minimum absolute atomic E-state index is 0.0308. The summed E-state index contributed by atoms with van der Waals surface area (Å²) in [4.78, 5) is 32.2. The molecule has 1 spiro atoms. The Morgan fingerprint density at radius 1 is 0.857 bits per heavy atom. The summed E-state index contributed by atoms with van der Waals surface area (Å²) in [7, 11) is 1.94. The molecule has 2 aromatic carbocycles. The number of nitrogens with one attached hydrogen (secondary N) is 2. The van der Waals surface area contributed by atoms with Gasteiger partial charge in [0.1, 0.15) is 17.6 Å². The van der Waals surface area contributed by atoms with E-state index in [1.54, 1.807) is 0 Å². The zero-order chi connectivity index (χ0) is 53.9. The number of β-amino-alcohol motifs (C(OH)–C–C–N with tert-alkyl or cyclic N) is 1. The predicted octanol–water partition coefficient (Wildman–Crippen LogP) is 11.6. The first-order valence-corrected chi connectivity index (χ1v) is 31.5. The Hall–Kier alpha value is -3.12. The van der Waals surface area contributed by atoms with Crippen molar-refractivity contribution in [3.8, 4) is 5.75 Å². The highest BCUT2D eigenvalue weighted by Gasteiger charge is 2.76. The molecule has 10 aliphatic rings. The van der Waals surface area contributed by atoms with Crippen LogP contribution >= 0.6 is 0 Å². The third-order valence-electron chi connectivity index (χ3n) is 25.0. The van der Waals surface area contributed by atoms with E-state index in [9.17, 15) is 20.4 Å². The fraction of sp³-hybridized carbons (Fsp3) is 0.761. The molecular weight excluding hydrogens is 959 g/mol. The van der Waals surface area contributed by atoms with Crippen LogP contribution in [0, 0.1) is 69.0 Å². The first kappa shape index (κ1) is 54.5. The van der Waals surface area contributed by atoms with E-state index in [2.05, 4.69) is 55.7 Å². The molecule has 2 heterocycles. The van der Waals surface area contributed by atoms with Crippen molar-refractivity contribution in [2.24, 2.45) is 69.0 Å². The smallest absolute Gasteiger partial charge is 0.160 e. The van der Waals surface area contributed by atoms with Crippen LogP contribution in [0.25, 0.3) is 0 Å². The Bertz CT molecular complexity index is 2590. The molecule has 0 radical (unpaired) electrons. The van der Waals surface area contributed by atoms with Crippen LogP contribution in [-0.2, 0) is 20.9 Å². The van der Waals surface area contributed by atoms with E-state index in [0.717, 1.165) is 138 Å². The van der Waals surface area contributed by atoms with E-state index in [1.165, 1.54) is 30.4 Å². The van der Waals surface area contributed by atoms with E-state index < -0.39 is 28.1 Å². The number of epoxide rings is 1. The summed E-state index contributed by atoms with van der Waals surface area (Å²) in [6.07, 6.45) is 21.9. The highest BCUT2D eigenvalue weighted by molar-refractivity contribution is 6.01. The number of carbonyl (C=O) groups is 2. The number of hydrogen-bond donors (Lipinski definition) is 7. The Labute approximate surface area is 461 Å². The molecule has 8 aliphatic carbocycles. The van der Waals surface area contributed by atoms with E-state index in [4.69, 9.17) is 10.5 Å². The topological polar surface area (TPSA) is 178 Å². The number of ether oxygens (including phenoxy) is 1. The SMILES string of the molecule is CNCc1cc(O)cc(C2CC3(C4CCCCC4)C4C(CC56CCCC7CCC(CO)CC7C(CC(O)C7OC7(C)C7CCCC7c7cccc(N)c7)C7=C(CCC35)C6(C)CC7=O)NCC(C)(O)CCCCC4(C)C2=O)c1. The number of aliphatic hydroxyl groups excluding tert-OH is 2. The number of Topliss-reactive ketones (excluding diaryl/α,β-unsaturated/α-hetero) is 2. The van der Waals surface area contributed by atoms with Gasteiger partial charge in [-0.3, -0.25) is 9.59 Å². The number of nitrogens with two attached hydrogens (primary N) is 1. The van der Waals surface area contributed by atoms with Crippen molar-refractivity contribution < 1.29 is 34.8 Å². The number of benzene rings is 2. The van der Waals surface area contributed by atoms with Crippen LogP contribution in [0.1, 0.15) is 210 Å². The Morgan fingerprint density at radius 3 is 2.44 bits per heavy atom. The second-order valence-electron chi connectivity index (χ2n) is 29.0. The van der Waals surface area contributed by atoms with Gasteiger partial charge in [0.15, 0.2) is 5.78 Å². The largest absolute Gasteiger partial charge is 0.508 e. The molecule has 4 bridgehead atoms. The molecule has 0 aromatic heterocycles. The van der Waals surface area contributed by atoms with Gasteiger partial charge >= 0.3 is 0 Å². The lowest BCUT2D eigenvalue weighted by atomic mass is 9.30. The predicted molar refractivity (Wildman–Crippen MR) is 303 cm³/mol. The van der Waals surface area contributed by atoms with Crippen LogP contribution in [0.5, 0.6) is 5.75 Å². The maximum absolute atomic E-state index is 16.2. The summed E-state index contributed by atoms with van der Waals surface area (Å²) >= 11 is 0. The van der Waals surface area contributed by atoms with Gasteiger partial charge in [0.05, 0.1) is 17.3 Å². The lowest BCUT2D eigenvalue weighted by Crippen LogP contribution is -2.73. The molecule has 77 heavy (non-hydrogen) atoms. The molecule has 12 rings (SSSR count). The number of fused-ring (bicyclic) bond motifs is 2. The molecule has 2 aromatic rings. The number of ketones is 2. The van der Waals surface area contributed by atoms with Crippen molar-refractivity contribution in [1.29, 1.82) is 0 Å². The van der Waals surface area contributed by atoms with Gasteiger partial charge in [0, 0.05) is 54.6 Å². The molecule has 18 atom stereocenters. The number of phenols is 1. The number of anilines is 1. The van der Waals surface area contributed by atoms with Gasteiger partial charge in [0.25, 0.3) is 0 Å². The normalized spacial score (nSPS) is 44.7. The summed E-state index contributed by atoms with van der Waals surface area (Å²) in [5.41, 5.74) is 9.86. The quantitative estimate of drug-likeness (QED) is 0.0895. The van der Waals surface area contributed by atoms with Crippen molar-refractivity contribution in [2.75, 3.05) is 25.9 Å². The van der Waals surface area contributed by atoms with Crippen molar-refractivity contribution >= 4 is 17.3 Å². The molecule has 8 fully saturated rings. The monoisotopic (exact) mass is 1060 g/mol.